The normalized spacial score (nSPS) is 15.5. The number of carbonyl (C=O) groups excluding carboxylic acids is 1. The molecule has 1 fully saturated rings. The lowest BCUT2D eigenvalue weighted by Gasteiger charge is -2.25. The van der Waals surface area contributed by atoms with Crippen LogP contribution in [-0.2, 0) is 16.1 Å². The summed E-state index contributed by atoms with van der Waals surface area (Å²) in [7, 11) is 0. The van der Waals surface area contributed by atoms with Gasteiger partial charge in [-0.2, -0.15) is 5.26 Å². The van der Waals surface area contributed by atoms with E-state index in [1.807, 2.05) is 12.1 Å². The molecule has 0 radical (unpaired) electrons. The highest BCUT2D eigenvalue weighted by Crippen LogP contribution is 2.16. The van der Waals surface area contributed by atoms with Crippen molar-refractivity contribution in [3.8, 4) is 11.8 Å². The summed E-state index contributed by atoms with van der Waals surface area (Å²) in [6.07, 6.45) is 1.78. The molecular weight excluding hydrogens is 396 g/mol. The maximum atomic E-state index is 13.0. The standard InChI is InChI=1S/C23H22N4O4/c24-12-16-7-9-17(10-8-16)31-15-22(28)27(13-18-4-3-11-30-18)14-21-25-20-6-2-1-5-19(20)23(29)26-21/h1-2,5-10,18H,3-4,11,13-15H2,(H,25,26,29)/t18-/m0/s1. The molecular formula is C23H22N4O4. The zero-order valence-electron chi connectivity index (χ0n) is 16.9. The molecule has 8 heteroatoms. The molecule has 1 atom stereocenters. The number of aromatic nitrogens is 2. The summed E-state index contributed by atoms with van der Waals surface area (Å²) in [6, 6.07) is 15.7. The van der Waals surface area contributed by atoms with Gasteiger partial charge in [0.15, 0.2) is 6.61 Å². The number of fused-ring (bicyclic) bond motifs is 1. The van der Waals surface area contributed by atoms with Crippen molar-refractivity contribution in [2.45, 2.75) is 25.5 Å². The Morgan fingerprint density at radius 2 is 2.06 bits per heavy atom. The maximum absolute atomic E-state index is 13.0. The number of para-hydroxylation sites is 1. The Labute approximate surface area is 179 Å². The lowest BCUT2D eigenvalue weighted by Crippen LogP contribution is -2.40. The molecule has 4 rings (SSSR count). The summed E-state index contributed by atoms with van der Waals surface area (Å²) in [6.45, 7) is 1.05. The highest BCUT2D eigenvalue weighted by Gasteiger charge is 2.24. The minimum atomic E-state index is -0.240. The van der Waals surface area contributed by atoms with Crippen molar-refractivity contribution in [2.24, 2.45) is 0 Å². The molecule has 3 aromatic rings. The lowest BCUT2D eigenvalue weighted by atomic mass is 10.2. The molecule has 1 N–H and O–H groups in total. The summed E-state index contributed by atoms with van der Waals surface area (Å²) in [5.41, 5.74) is 0.864. The van der Waals surface area contributed by atoms with Crippen molar-refractivity contribution in [3.05, 3.63) is 70.3 Å². The van der Waals surface area contributed by atoms with E-state index in [0.717, 1.165) is 12.8 Å². The van der Waals surface area contributed by atoms with E-state index in [1.54, 1.807) is 47.4 Å². The summed E-state index contributed by atoms with van der Waals surface area (Å²) >= 11 is 0. The van der Waals surface area contributed by atoms with Crippen LogP contribution >= 0.6 is 0 Å². The summed E-state index contributed by atoms with van der Waals surface area (Å²) in [5.74, 6) is 0.672. The zero-order valence-corrected chi connectivity index (χ0v) is 16.9. The smallest absolute Gasteiger partial charge is 0.261 e. The van der Waals surface area contributed by atoms with Gasteiger partial charge in [0.05, 0.1) is 35.2 Å². The molecule has 2 aromatic carbocycles. The Bertz CT molecular complexity index is 1160. The largest absolute Gasteiger partial charge is 0.484 e. The second kappa shape index (κ2) is 9.41. The number of carbonyl (C=O) groups is 1. The zero-order chi connectivity index (χ0) is 21.6. The van der Waals surface area contributed by atoms with Gasteiger partial charge in [-0.25, -0.2) is 4.98 Å². The van der Waals surface area contributed by atoms with Crippen molar-refractivity contribution in [3.63, 3.8) is 0 Å². The van der Waals surface area contributed by atoms with E-state index in [9.17, 15) is 9.59 Å². The fourth-order valence-electron chi connectivity index (χ4n) is 3.54. The molecule has 1 aromatic heterocycles. The van der Waals surface area contributed by atoms with E-state index < -0.39 is 0 Å². The van der Waals surface area contributed by atoms with Gasteiger partial charge >= 0.3 is 0 Å². The van der Waals surface area contributed by atoms with Crippen molar-refractivity contribution >= 4 is 16.8 Å². The van der Waals surface area contributed by atoms with Gasteiger partial charge in [0.1, 0.15) is 11.6 Å². The number of amides is 1. The first-order chi connectivity index (χ1) is 15.1. The fraction of sp³-hybridized carbons (Fsp3) is 0.304. The number of nitriles is 1. The van der Waals surface area contributed by atoms with Gasteiger partial charge in [0.2, 0.25) is 0 Å². The number of ether oxygens (including phenoxy) is 2. The predicted octanol–water partition coefficient (Wildman–Crippen LogP) is 2.38. The molecule has 1 aliphatic heterocycles. The first kappa shape index (κ1) is 20.6. The fourth-order valence-corrected chi connectivity index (χ4v) is 3.54. The second-order valence-corrected chi connectivity index (χ2v) is 7.36. The molecule has 0 bridgehead atoms. The summed E-state index contributed by atoms with van der Waals surface area (Å²) in [4.78, 5) is 34.2. The Morgan fingerprint density at radius 3 is 2.81 bits per heavy atom. The van der Waals surface area contributed by atoms with Crippen molar-refractivity contribution in [1.82, 2.24) is 14.9 Å². The van der Waals surface area contributed by atoms with Gasteiger partial charge in [0, 0.05) is 13.2 Å². The molecule has 0 spiro atoms. The van der Waals surface area contributed by atoms with E-state index in [0.29, 0.717) is 41.2 Å². The second-order valence-electron chi connectivity index (χ2n) is 7.36. The van der Waals surface area contributed by atoms with Gasteiger partial charge < -0.3 is 19.4 Å². The van der Waals surface area contributed by atoms with E-state index in [-0.39, 0.29) is 30.7 Å². The van der Waals surface area contributed by atoms with Crippen LogP contribution in [0.5, 0.6) is 5.75 Å². The molecule has 0 saturated carbocycles. The van der Waals surface area contributed by atoms with Crippen LogP contribution in [0, 0.1) is 11.3 Å². The highest BCUT2D eigenvalue weighted by molar-refractivity contribution is 5.78. The van der Waals surface area contributed by atoms with Crippen molar-refractivity contribution in [2.75, 3.05) is 19.8 Å². The van der Waals surface area contributed by atoms with Crippen LogP contribution in [0.4, 0.5) is 0 Å². The third-order valence-electron chi connectivity index (χ3n) is 5.15. The number of rotatable bonds is 7. The van der Waals surface area contributed by atoms with E-state index in [1.165, 1.54) is 0 Å². The number of nitrogens with zero attached hydrogens (tertiary/aromatic N) is 3. The number of aromatic amines is 1. The Kier molecular flexibility index (Phi) is 6.24. The van der Waals surface area contributed by atoms with Crippen LogP contribution in [0.3, 0.4) is 0 Å². The van der Waals surface area contributed by atoms with Gasteiger partial charge in [-0.3, -0.25) is 9.59 Å². The maximum Gasteiger partial charge on any atom is 0.261 e. The molecule has 0 aliphatic carbocycles. The Morgan fingerprint density at radius 1 is 1.26 bits per heavy atom. The van der Waals surface area contributed by atoms with Crippen LogP contribution < -0.4 is 10.3 Å². The molecule has 1 saturated heterocycles. The number of H-pyrrole nitrogens is 1. The molecule has 0 unspecified atom stereocenters. The molecule has 2 heterocycles. The SMILES string of the molecule is N#Cc1ccc(OCC(=O)N(Cc2nc3ccccc3c(=O)[nH]2)C[C@@H]2CCCO2)cc1. The molecule has 158 valence electrons. The number of hydrogen-bond acceptors (Lipinski definition) is 6. The van der Waals surface area contributed by atoms with E-state index in [2.05, 4.69) is 9.97 Å². The molecule has 8 nitrogen and oxygen atoms in total. The van der Waals surface area contributed by atoms with Crippen molar-refractivity contribution in [1.29, 1.82) is 5.26 Å². The first-order valence-corrected chi connectivity index (χ1v) is 10.1. The molecule has 1 aliphatic rings. The van der Waals surface area contributed by atoms with Gasteiger partial charge in [-0.1, -0.05) is 12.1 Å². The van der Waals surface area contributed by atoms with Crippen LogP contribution in [0.15, 0.2) is 53.3 Å². The number of nitrogens with one attached hydrogen (secondary N) is 1. The monoisotopic (exact) mass is 418 g/mol. The lowest BCUT2D eigenvalue weighted by molar-refractivity contribution is -0.135. The number of hydrogen-bond donors (Lipinski definition) is 1. The minimum absolute atomic E-state index is 0.0500. The Hall–Kier alpha value is -3.70. The first-order valence-electron chi connectivity index (χ1n) is 10.1. The highest BCUT2D eigenvalue weighted by atomic mass is 16.5. The number of benzene rings is 2. The minimum Gasteiger partial charge on any atom is -0.484 e. The van der Waals surface area contributed by atoms with Crippen molar-refractivity contribution < 1.29 is 14.3 Å². The predicted molar refractivity (Wildman–Crippen MR) is 113 cm³/mol. The topological polar surface area (TPSA) is 108 Å². The van der Waals surface area contributed by atoms with Crippen LogP contribution in [0.25, 0.3) is 10.9 Å². The van der Waals surface area contributed by atoms with E-state index in [4.69, 9.17) is 14.7 Å². The average Bonchev–Trinajstić information content (AvgIpc) is 3.30. The van der Waals surface area contributed by atoms with Crippen LogP contribution in [-0.4, -0.2) is 46.6 Å². The summed E-state index contributed by atoms with van der Waals surface area (Å²) < 4.78 is 11.3. The third kappa shape index (κ3) is 5.08. The average molecular weight is 418 g/mol. The molecule has 31 heavy (non-hydrogen) atoms. The quantitative estimate of drug-likeness (QED) is 0.631. The molecule has 1 amide bonds. The van der Waals surface area contributed by atoms with Crippen LogP contribution in [0.1, 0.15) is 24.2 Å². The van der Waals surface area contributed by atoms with E-state index >= 15 is 0 Å². The third-order valence-corrected chi connectivity index (χ3v) is 5.15. The summed E-state index contributed by atoms with van der Waals surface area (Å²) in [5, 5.41) is 9.39. The van der Waals surface area contributed by atoms with Gasteiger partial charge in [-0.15, -0.1) is 0 Å². The van der Waals surface area contributed by atoms with Crippen LogP contribution in [0.2, 0.25) is 0 Å². The van der Waals surface area contributed by atoms with Gasteiger partial charge in [-0.05, 0) is 49.2 Å². The Balaban J connectivity index is 1.50. The van der Waals surface area contributed by atoms with Gasteiger partial charge in [0.25, 0.3) is 11.5 Å².